The molecule has 2 nitrogen and oxygen atoms in total. The maximum absolute atomic E-state index is 13.7. The van der Waals surface area contributed by atoms with Crippen molar-refractivity contribution in [2.75, 3.05) is 7.11 Å². The molecule has 106 valence electrons. The molecule has 2 N–H and O–H groups in total. The van der Waals surface area contributed by atoms with E-state index in [9.17, 15) is 4.39 Å². The molecule has 0 fully saturated rings. The Morgan fingerprint density at radius 3 is 2.75 bits per heavy atom. The average molecular weight is 294 g/mol. The molecule has 2 aromatic carbocycles. The van der Waals surface area contributed by atoms with E-state index in [1.807, 2.05) is 24.3 Å². The molecule has 0 aliphatic rings. The predicted molar refractivity (Wildman–Crippen MR) is 79.8 cm³/mol. The lowest BCUT2D eigenvalue weighted by molar-refractivity contribution is 0.414. The third-order valence-corrected chi connectivity index (χ3v) is 3.36. The third-order valence-electron chi connectivity index (χ3n) is 3.12. The maximum atomic E-state index is 13.7. The van der Waals surface area contributed by atoms with Crippen LogP contribution in [-0.4, -0.2) is 13.2 Å². The van der Waals surface area contributed by atoms with Gasteiger partial charge in [0.1, 0.15) is 11.6 Å². The third kappa shape index (κ3) is 3.95. The number of ether oxygens (including phenoxy) is 1. The van der Waals surface area contributed by atoms with Crippen LogP contribution in [0.4, 0.5) is 4.39 Å². The Bertz CT molecular complexity index is 588. The van der Waals surface area contributed by atoms with Gasteiger partial charge in [-0.3, -0.25) is 0 Å². The first kappa shape index (κ1) is 14.8. The largest absolute Gasteiger partial charge is 0.497 e. The van der Waals surface area contributed by atoms with Crippen LogP contribution in [-0.2, 0) is 12.8 Å². The van der Waals surface area contributed by atoms with Crippen molar-refractivity contribution >= 4 is 11.6 Å². The van der Waals surface area contributed by atoms with E-state index in [0.717, 1.165) is 11.3 Å². The number of hydrogen-bond acceptors (Lipinski definition) is 2. The van der Waals surface area contributed by atoms with Gasteiger partial charge < -0.3 is 10.5 Å². The van der Waals surface area contributed by atoms with Gasteiger partial charge in [-0.05, 0) is 54.3 Å². The highest BCUT2D eigenvalue weighted by atomic mass is 35.5. The van der Waals surface area contributed by atoms with E-state index >= 15 is 0 Å². The van der Waals surface area contributed by atoms with Gasteiger partial charge in [-0.15, -0.1) is 0 Å². The van der Waals surface area contributed by atoms with Crippen LogP contribution < -0.4 is 10.5 Å². The molecule has 20 heavy (non-hydrogen) atoms. The summed E-state index contributed by atoms with van der Waals surface area (Å²) in [6, 6.07) is 12.1. The summed E-state index contributed by atoms with van der Waals surface area (Å²) >= 11 is 5.88. The Morgan fingerprint density at radius 2 is 2.00 bits per heavy atom. The molecule has 2 aromatic rings. The van der Waals surface area contributed by atoms with E-state index in [1.54, 1.807) is 13.2 Å². The fourth-order valence-corrected chi connectivity index (χ4v) is 2.35. The van der Waals surface area contributed by atoms with Crippen LogP contribution in [0.2, 0.25) is 5.02 Å². The molecule has 1 unspecified atom stereocenters. The Hall–Kier alpha value is -1.58. The number of halogens is 2. The van der Waals surface area contributed by atoms with E-state index in [-0.39, 0.29) is 11.9 Å². The van der Waals surface area contributed by atoms with Crippen LogP contribution in [0.15, 0.2) is 42.5 Å². The van der Waals surface area contributed by atoms with Crippen molar-refractivity contribution < 1.29 is 9.13 Å². The highest BCUT2D eigenvalue weighted by Crippen LogP contribution is 2.18. The van der Waals surface area contributed by atoms with Crippen molar-refractivity contribution in [1.29, 1.82) is 0 Å². The van der Waals surface area contributed by atoms with Gasteiger partial charge in [0.05, 0.1) is 7.11 Å². The van der Waals surface area contributed by atoms with Crippen molar-refractivity contribution in [2.24, 2.45) is 5.73 Å². The molecule has 0 aliphatic heterocycles. The van der Waals surface area contributed by atoms with Crippen LogP contribution in [0.25, 0.3) is 0 Å². The van der Waals surface area contributed by atoms with Gasteiger partial charge in [-0.1, -0.05) is 23.7 Å². The zero-order valence-corrected chi connectivity index (χ0v) is 12.0. The van der Waals surface area contributed by atoms with E-state index in [2.05, 4.69) is 0 Å². The molecule has 0 saturated carbocycles. The first-order valence-electron chi connectivity index (χ1n) is 6.41. The fourth-order valence-electron chi connectivity index (χ4n) is 2.16. The fraction of sp³-hybridized carbons (Fsp3) is 0.250. The molecule has 0 aromatic heterocycles. The first-order chi connectivity index (χ1) is 9.58. The summed E-state index contributed by atoms with van der Waals surface area (Å²) in [7, 11) is 1.63. The number of rotatable bonds is 5. The Kier molecular flexibility index (Phi) is 4.99. The summed E-state index contributed by atoms with van der Waals surface area (Å²) in [5, 5.41) is 0.523. The minimum atomic E-state index is -0.268. The highest BCUT2D eigenvalue weighted by Gasteiger charge is 2.10. The first-order valence-corrected chi connectivity index (χ1v) is 6.78. The Morgan fingerprint density at radius 1 is 1.20 bits per heavy atom. The molecule has 0 bridgehead atoms. The van der Waals surface area contributed by atoms with Crippen LogP contribution in [0.3, 0.4) is 0 Å². The van der Waals surface area contributed by atoms with Gasteiger partial charge in [-0.2, -0.15) is 0 Å². The molecule has 4 heteroatoms. The van der Waals surface area contributed by atoms with Crippen molar-refractivity contribution in [2.45, 2.75) is 18.9 Å². The normalized spacial score (nSPS) is 12.2. The van der Waals surface area contributed by atoms with Crippen molar-refractivity contribution in [3.63, 3.8) is 0 Å². The quantitative estimate of drug-likeness (QED) is 0.914. The van der Waals surface area contributed by atoms with Gasteiger partial charge in [0.25, 0.3) is 0 Å². The van der Waals surface area contributed by atoms with Crippen molar-refractivity contribution in [3.05, 3.63) is 64.4 Å². The van der Waals surface area contributed by atoms with Gasteiger partial charge in [0, 0.05) is 11.1 Å². The summed E-state index contributed by atoms with van der Waals surface area (Å²) < 4.78 is 18.8. The molecule has 0 aliphatic carbocycles. The Labute approximate surface area is 123 Å². The minimum absolute atomic E-state index is 0.171. The van der Waals surface area contributed by atoms with Crippen LogP contribution in [0.1, 0.15) is 11.1 Å². The van der Waals surface area contributed by atoms with Gasteiger partial charge in [-0.25, -0.2) is 4.39 Å². The van der Waals surface area contributed by atoms with Gasteiger partial charge >= 0.3 is 0 Å². The monoisotopic (exact) mass is 293 g/mol. The van der Waals surface area contributed by atoms with Gasteiger partial charge in [0.2, 0.25) is 0 Å². The van der Waals surface area contributed by atoms with Crippen LogP contribution >= 0.6 is 11.6 Å². The standard InChI is InChI=1S/C16H17ClFNO/c1-20-15-4-2-3-11(8-15)7-14(19)10-12-9-13(17)5-6-16(12)18/h2-6,8-9,14H,7,10,19H2,1H3. The minimum Gasteiger partial charge on any atom is -0.497 e. The van der Waals surface area contributed by atoms with E-state index in [4.69, 9.17) is 22.1 Å². The summed E-state index contributed by atoms with van der Waals surface area (Å²) in [5.41, 5.74) is 7.72. The molecule has 0 amide bonds. The summed E-state index contributed by atoms with van der Waals surface area (Å²) in [6.07, 6.45) is 1.10. The average Bonchev–Trinajstić information content (AvgIpc) is 2.43. The SMILES string of the molecule is COc1cccc(CC(N)Cc2cc(Cl)ccc2F)c1. The molecule has 1 atom stereocenters. The number of benzene rings is 2. The smallest absolute Gasteiger partial charge is 0.126 e. The van der Waals surface area contributed by atoms with Gasteiger partial charge in [0.15, 0.2) is 0 Å². The maximum Gasteiger partial charge on any atom is 0.126 e. The second kappa shape index (κ2) is 6.73. The lowest BCUT2D eigenvalue weighted by Crippen LogP contribution is -2.26. The molecule has 0 spiro atoms. The van der Waals surface area contributed by atoms with Crippen molar-refractivity contribution in [1.82, 2.24) is 0 Å². The second-order valence-electron chi connectivity index (χ2n) is 4.76. The number of hydrogen-bond donors (Lipinski definition) is 1. The van der Waals surface area contributed by atoms with Crippen LogP contribution in [0.5, 0.6) is 5.75 Å². The summed E-state index contributed by atoms with van der Waals surface area (Å²) in [6.45, 7) is 0. The lowest BCUT2D eigenvalue weighted by atomic mass is 9.99. The molecule has 0 saturated heterocycles. The zero-order chi connectivity index (χ0) is 14.5. The molecular formula is C16H17ClFNO. The molecule has 0 heterocycles. The number of nitrogens with two attached hydrogens (primary N) is 1. The van der Waals surface area contributed by atoms with Crippen molar-refractivity contribution in [3.8, 4) is 5.75 Å². The Balaban J connectivity index is 2.04. The topological polar surface area (TPSA) is 35.2 Å². The van der Waals surface area contributed by atoms with E-state index in [1.165, 1.54) is 12.1 Å². The molecular weight excluding hydrogens is 277 g/mol. The van der Waals surface area contributed by atoms with E-state index < -0.39 is 0 Å². The lowest BCUT2D eigenvalue weighted by Gasteiger charge is -2.13. The summed E-state index contributed by atoms with van der Waals surface area (Å²) in [4.78, 5) is 0. The number of methoxy groups -OCH3 is 1. The summed E-state index contributed by atoms with van der Waals surface area (Å²) in [5.74, 6) is 0.527. The zero-order valence-electron chi connectivity index (χ0n) is 11.3. The predicted octanol–water partition coefficient (Wildman–Crippen LogP) is 3.60. The van der Waals surface area contributed by atoms with E-state index in [0.29, 0.717) is 23.4 Å². The highest BCUT2D eigenvalue weighted by molar-refractivity contribution is 6.30. The molecule has 2 rings (SSSR count). The molecule has 0 radical (unpaired) electrons. The second-order valence-corrected chi connectivity index (χ2v) is 5.19. The van der Waals surface area contributed by atoms with Crippen LogP contribution in [0, 0.1) is 5.82 Å².